The summed E-state index contributed by atoms with van der Waals surface area (Å²) in [6.45, 7) is 1.29. The first-order chi connectivity index (χ1) is 19.0. The van der Waals surface area contributed by atoms with E-state index in [4.69, 9.17) is 22.5 Å². The lowest BCUT2D eigenvalue weighted by Crippen LogP contribution is -2.51. The van der Waals surface area contributed by atoms with Crippen molar-refractivity contribution in [1.82, 2.24) is 10.8 Å². The number of hydroxylamine groups is 1. The van der Waals surface area contributed by atoms with E-state index in [0.717, 1.165) is 0 Å². The molecule has 0 bridgehead atoms. The third-order valence-electron chi connectivity index (χ3n) is 6.07. The predicted molar refractivity (Wildman–Crippen MR) is 146 cm³/mol. The van der Waals surface area contributed by atoms with Crippen molar-refractivity contribution in [3.8, 4) is 23.5 Å². The van der Waals surface area contributed by atoms with Gasteiger partial charge in [0.2, 0.25) is 5.91 Å². The molecule has 0 aliphatic rings. The number of rotatable bonds is 10. The van der Waals surface area contributed by atoms with Crippen molar-refractivity contribution < 1.29 is 34.6 Å². The van der Waals surface area contributed by atoms with E-state index in [1.54, 1.807) is 42.5 Å². The van der Waals surface area contributed by atoms with Crippen LogP contribution in [0, 0.1) is 12.3 Å². The van der Waals surface area contributed by atoms with Crippen molar-refractivity contribution in [2.24, 2.45) is 5.73 Å². The minimum Gasteiger partial charge on any atom is -0.478 e. The SMILES string of the molecule is C#Cc1cccc(NC(=O)[C@@H](N)Cc2ccc(C(=O)O)cc2)c1-c1ccc(C(=O)N[C@H](C(=O)NO)[C@@H](C)O)cc1. The average molecular weight is 545 g/mol. The maximum absolute atomic E-state index is 13.0. The minimum absolute atomic E-state index is 0.124. The summed E-state index contributed by atoms with van der Waals surface area (Å²) in [5.41, 5.74) is 10.5. The van der Waals surface area contributed by atoms with E-state index in [2.05, 4.69) is 16.6 Å². The van der Waals surface area contributed by atoms with Crippen LogP contribution in [-0.4, -0.2) is 57.3 Å². The van der Waals surface area contributed by atoms with Gasteiger partial charge in [0.15, 0.2) is 0 Å². The van der Waals surface area contributed by atoms with E-state index < -0.39 is 41.9 Å². The molecule has 40 heavy (non-hydrogen) atoms. The molecule has 0 aromatic heterocycles. The molecular formula is C29H28N4O7. The second-order valence-corrected chi connectivity index (χ2v) is 8.92. The molecule has 206 valence electrons. The number of carboxylic acids is 1. The highest BCUT2D eigenvalue weighted by Gasteiger charge is 2.26. The molecule has 0 fully saturated rings. The lowest BCUT2D eigenvalue weighted by Gasteiger charge is -2.19. The predicted octanol–water partition coefficient (Wildman–Crippen LogP) is 1.53. The molecule has 0 saturated heterocycles. The van der Waals surface area contributed by atoms with Crippen LogP contribution in [0.5, 0.6) is 0 Å². The Morgan fingerprint density at radius 2 is 1.57 bits per heavy atom. The van der Waals surface area contributed by atoms with Gasteiger partial charge in [0.1, 0.15) is 6.04 Å². The van der Waals surface area contributed by atoms with E-state index in [9.17, 15) is 24.3 Å². The third-order valence-corrected chi connectivity index (χ3v) is 6.07. The van der Waals surface area contributed by atoms with Crippen LogP contribution in [0.15, 0.2) is 66.7 Å². The molecule has 0 aliphatic heterocycles. The molecule has 0 saturated carbocycles. The van der Waals surface area contributed by atoms with Gasteiger partial charge in [-0.05, 0) is 60.9 Å². The number of terminal acetylenes is 1. The van der Waals surface area contributed by atoms with Gasteiger partial charge in [-0.1, -0.05) is 36.3 Å². The zero-order valence-corrected chi connectivity index (χ0v) is 21.4. The number of amides is 3. The standard InChI is InChI=1S/C29H28N4O7/c1-3-18-5-4-6-23(31-27(36)22(30)15-17-7-9-21(10-8-17)29(38)39)24(18)19-11-13-20(14-12-19)26(35)32-25(16(2)34)28(37)33-40/h1,4-14,16,22,25,34,40H,15,30H2,2H3,(H,31,36)(H,32,35)(H,33,37)(H,38,39)/t16-,22+,25+/m1/s1. The molecular weight excluding hydrogens is 516 g/mol. The molecule has 3 aromatic carbocycles. The van der Waals surface area contributed by atoms with Crippen molar-refractivity contribution >= 4 is 29.4 Å². The number of nitrogens with one attached hydrogen (secondary N) is 3. The first kappa shape index (κ1) is 29.5. The highest BCUT2D eigenvalue weighted by atomic mass is 16.5. The third kappa shape index (κ3) is 7.09. The number of hydrogen-bond donors (Lipinski definition) is 7. The quantitative estimate of drug-likeness (QED) is 0.113. The van der Waals surface area contributed by atoms with Gasteiger partial charge in [0, 0.05) is 22.4 Å². The van der Waals surface area contributed by atoms with Crippen LogP contribution < -0.4 is 21.8 Å². The lowest BCUT2D eigenvalue weighted by molar-refractivity contribution is -0.133. The molecule has 8 N–H and O–H groups in total. The van der Waals surface area contributed by atoms with Crippen LogP contribution >= 0.6 is 0 Å². The normalized spacial score (nSPS) is 12.8. The van der Waals surface area contributed by atoms with Gasteiger partial charge in [0.25, 0.3) is 11.8 Å². The van der Waals surface area contributed by atoms with Crippen LogP contribution in [0.25, 0.3) is 11.1 Å². The molecule has 3 atom stereocenters. The lowest BCUT2D eigenvalue weighted by atomic mass is 9.96. The Labute approximate surface area is 230 Å². The Bertz CT molecular complexity index is 1440. The monoisotopic (exact) mass is 544 g/mol. The summed E-state index contributed by atoms with van der Waals surface area (Å²) in [6.07, 6.45) is 4.61. The summed E-state index contributed by atoms with van der Waals surface area (Å²) in [5.74, 6) is -0.598. The molecule has 0 spiro atoms. The fourth-order valence-electron chi connectivity index (χ4n) is 3.93. The average Bonchev–Trinajstić information content (AvgIpc) is 2.95. The Morgan fingerprint density at radius 3 is 2.12 bits per heavy atom. The summed E-state index contributed by atoms with van der Waals surface area (Å²) in [5, 5.41) is 32.8. The molecule has 0 unspecified atom stereocenters. The summed E-state index contributed by atoms with van der Waals surface area (Å²) in [6, 6.07) is 14.9. The van der Waals surface area contributed by atoms with E-state index in [1.807, 2.05) is 0 Å². The minimum atomic E-state index is -1.37. The second-order valence-electron chi connectivity index (χ2n) is 8.92. The van der Waals surface area contributed by atoms with E-state index in [0.29, 0.717) is 27.9 Å². The summed E-state index contributed by atoms with van der Waals surface area (Å²) in [7, 11) is 0. The number of aliphatic hydroxyl groups is 1. The van der Waals surface area contributed by atoms with Crippen molar-refractivity contribution in [3.05, 3.63) is 89.0 Å². The van der Waals surface area contributed by atoms with Crippen LogP contribution in [0.4, 0.5) is 5.69 Å². The fraction of sp³-hybridized carbons (Fsp3) is 0.172. The van der Waals surface area contributed by atoms with Crippen molar-refractivity contribution in [2.45, 2.75) is 31.5 Å². The Morgan fingerprint density at radius 1 is 0.950 bits per heavy atom. The van der Waals surface area contributed by atoms with Crippen molar-refractivity contribution in [3.63, 3.8) is 0 Å². The smallest absolute Gasteiger partial charge is 0.335 e. The molecule has 3 amide bonds. The first-order valence-electron chi connectivity index (χ1n) is 12.1. The second kappa shape index (κ2) is 13.2. The van der Waals surface area contributed by atoms with E-state index in [-0.39, 0.29) is 17.5 Å². The van der Waals surface area contributed by atoms with E-state index >= 15 is 0 Å². The largest absolute Gasteiger partial charge is 0.478 e. The molecule has 0 radical (unpaired) electrons. The highest BCUT2D eigenvalue weighted by Crippen LogP contribution is 2.32. The molecule has 0 aliphatic carbocycles. The zero-order chi connectivity index (χ0) is 29.4. The van der Waals surface area contributed by atoms with Gasteiger partial charge < -0.3 is 26.6 Å². The maximum Gasteiger partial charge on any atom is 0.335 e. The number of benzene rings is 3. The Hall–Kier alpha value is -5.02. The number of carbonyl (C=O) groups excluding carboxylic acids is 3. The van der Waals surface area contributed by atoms with Gasteiger partial charge in [-0.25, -0.2) is 10.3 Å². The van der Waals surface area contributed by atoms with Gasteiger partial charge in [-0.15, -0.1) is 6.42 Å². The van der Waals surface area contributed by atoms with Crippen LogP contribution in [-0.2, 0) is 16.0 Å². The van der Waals surface area contributed by atoms with Crippen molar-refractivity contribution in [2.75, 3.05) is 5.32 Å². The number of aromatic carboxylic acids is 1. The molecule has 0 heterocycles. The van der Waals surface area contributed by atoms with Gasteiger partial charge in [-0.3, -0.25) is 19.6 Å². The molecule has 3 rings (SSSR count). The summed E-state index contributed by atoms with van der Waals surface area (Å²) < 4.78 is 0. The van der Waals surface area contributed by atoms with Crippen LogP contribution in [0.3, 0.4) is 0 Å². The molecule has 11 nitrogen and oxygen atoms in total. The number of anilines is 1. The summed E-state index contributed by atoms with van der Waals surface area (Å²) in [4.78, 5) is 48.3. The zero-order valence-electron chi connectivity index (χ0n) is 21.4. The Kier molecular flexibility index (Phi) is 9.72. The van der Waals surface area contributed by atoms with Gasteiger partial charge in [-0.2, -0.15) is 0 Å². The number of carboxylic acid groups (broad SMARTS) is 1. The fourth-order valence-corrected chi connectivity index (χ4v) is 3.93. The van der Waals surface area contributed by atoms with Gasteiger partial charge >= 0.3 is 5.97 Å². The first-order valence-corrected chi connectivity index (χ1v) is 12.1. The van der Waals surface area contributed by atoms with E-state index in [1.165, 1.54) is 36.7 Å². The number of nitrogens with two attached hydrogens (primary N) is 1. The van der Waals surface area contributed by atoms with Gasteiger partial charge in [0.05, 0.1) is 17.7 Å². The molecule has 3 aromatic rings. The Balaban J connectivity index is 1.80. The summed E-state index contributed by atoms with van der Waals surface area (Å²) >= 11 is 0. The van der Waals surface area contributed by atoms with Crippen LogP contribution in [0.1, 0.15) is 38.8 Å². The molecule has 11 heteroatoms. The van der Waals surface area contributed by atoms with Crippen molar-refractivity contribution in [1.29, 1.82) is 0 Å². The number of aliphatic hydroxyl groups excluding tert-OH is 1. The number of hydrogen-bond acceptors (Lipinski definition) is 7. The topological polar surface area (TPSA) is 191 Å². The van der Waals surface area contributed by atoms with Crippen LogP contribution in [0.2, 0.25) is 0 Å². The maximum atomic E-state index is 13.0. The number of carbonyl (C=O) groups is 4. The highest BCUT2D eigenvalue weighted by molar-refractivity contribution is 6.01.